The fourth-order valence-electron chi connectivity index (χ4n) is 3.07. The molecular weight excluding hydrogens is 332 g/mol. The Morgan fingerprint density at radius 2 is 1.69 bits per heavy atom. The number of rotatable bonds is 4. The van der Waals surface area contributed by atoms with Gasteiger partial charge in [-0.1, -0.05) is 0 Å². The molecule has 1 aromatic carbocycles. The minimum Gasteiger partial charge on any atom is -0.469 e. The largest absolute Gasteiger partial charge is 0.469 e. The van der Waals surface area contributed by atoms with E-state index >= 15 is 0 Å². The quantitative estimate of drug-likeness (QED) is 0.774. The molecule has 0 saturated carbocycles. The number of piperazine rings is 1. The van der Waals surface area contributed by atoms with Crippen molar-refractivity contribution in [2.24, 2.45) is 0 Å². The first-order valence-corrected chi connectivity index (χ1v) is 8.81. The fourth-order valence-corrected chi connectivity index (χ4v) is 3.07. The summed E-state index contributed by atoms with van der Waals surface area (Å²) in [6.45, 7) is 7.33. The molecule has 0 radical (unpaired) electrons. The Kier molecular flexibility index (Phi) is 5.46. The molecule has 0 spiro atoms. The summed E-state index contributed by atoms with van der Waals surface area (Å²) < 4.78 is 4.67. The third kappa shape index (κ3) is 3.99. The van der Waals surface area contributed by atoms with E-state index in [1.807, 2.05) is 36.9 Å². The van der Waals surface area contributed by atoms with Crippen molar-refractivity contribution >= 4 is 22.9 Å². The number of methoxy groups -OCH3 is 1. The van der Waals surface area contributed by atoms with Crippen LogP contribution < -0.4 is 0 Å². The minimum atomic E-state index is -0.202. The van der Waals surface area contributed by atoms with Crippen molar-refractivity contribution in [3.05, 3.63) is 35.2 Å². The highest BCUT2D eigenvalue weighted by Gasteiger charge is 2.22. The lowest BCUT2D eigenvalue weighted by molar-refractivity contribution is -0.141. The zero-order chi connectivity index (χ0) is 18.7. The van der Waals surface area contributed by atoms with Crippen molar-refractivity contribution in [3.63, 3.8) is 0 Å². The number of aryl methyl sites for hydroxylation is 2. The van der Waals surface area contributed by atoms with Gasteiger partial charge in [-0.15, -0.1) is 0 Å². The molecule has 0 unspecified atom stereocenters. The van der Waals surface area contributed by atoms with Crippen LogP contribution in [0.15, 0.2) is 18.2 Å². The predicted molar refractivity (Wildman–Crippen MR) is 98.0 cm³/mol. The Bertz CT molecular complexity index is 829. The van der Waals surface area contributed by atoms with Gasteiger partial charge < -0.3 is 9.64 Å². The van der Waals surface area contributed by atoms with Crippen molar-refractivity contribution < 1.29 is 14.3 Å². The summed E-state index contributed by atoms with van der Waals surface area (Å²) in [5, 5.41) is 0. The van der Waals surface area contributed by atoms with Gasteiger partial charge in [-0.05, 0) is 32.0 Å². The van der Waals surface area contributed by atoms with Gasteiger partial charge in [0.1, 0.15) is 0 Å². The highest BCUT2D eigenvalue weighted by Crippen LogP contribution is 2.16. The maximum Gasteiger partial charge on any atom is 0.306 e. The smallest absolute Gasteiger partial charge is 0.306 e. The number of hydrogen-bond acceptors (Lipinski definition) is 6. The van der Waals surface area contributed by atoms with Crippen LogP contribution in [0.25, 0.3) is 11.0 Å². The van der Waals surface area contributed by atoms with Gasteiger partial charge >= 0.3 is 5.97 Å². The average molecular weight is 356 g/mol. The van der Waals surface area contributed by atoms with E-state index in [4.69, 9.17) is 0 Å². The zero-order valence-electron chi connectivity index (χ0n) is 15.5. The first kappa shape index (κ1) is 18.3. The standard InChI is InChI=1S/C19H24N4O3/c1-13-14(2)21-17-12-15(4-5-16(17)20-13)19(25)23-10-8-22(9-11-23)7-6-18(24)26-3/h4-5,12H,6-11H2,1-3H3. The molecular formula is C19H24N4O3. The van der Waals surface area contributed by atoms with E-state index in [-0.39, 0.29) is 11.9 Å². The second-order valence-electron chi connectivity index (χ2n) is 6.56. The molecule has 7 nitrogen and oxygen atoms in total. The van der Waals surface area contributed by atoms with Gasteiger partial charge in [-0.3, -0.25) is 14.5 Å². The number of ether oxygens (including phenoxy) is 1. The van der Waals surface area contributed by atoms with Crippen molar-refractivity contribution in [2.45, 2.75) is 20.3 Å². The number of esters is 1. The van der Waals surface area contributed by atoms with Crippen molar-refractivity contribution in [1.29, 1.82) is 0 Å². The zero-order valence-corrected chi connectivity index (χ0v) is 15.5. The number of nitrogens with zero attached hydrogens (tertiary/aromatic N) is 4. The number of amides is 1. The Hall–Kier alpha value is -2.54. The van der Waals surface area contributed by atoms with E-state index in [9.17, 15) is 9.59 Å². The van der Waals surface area contributed by atoms with Gasteiger partial charge in [0.25, 0.3) is 5.91 Å². The molecule has 1 fully saturated rings. The fraction of sp³-hybridized carbons (Fsp3) is 0.474. The van der Waals surface area contributed by atoms with E-state index in [0.717, 1.165) is 35.5 Å². The molecule has 138 valence electrons. The molecule has 1 aliphatic rings. The van der Waals surface area contributed by atoms with E-state index in [1.165, 1.54) is 7.11 Å². The van der Waals surface area contributed by atoms with Crippen LogP contribution in [-0.2, 0) is 9.53 Å². The van der Waals surface area contributed by atoms with E-state index in [1.54, 1.807) is 0 Å². The number of carbonyl (C=O) groups is 2. The lowest BCUT2D eigenvalue weighted by Gasteiger charge is -2.34. The van der Waals surface area contributed by atoms with Crippen LogP contribution in [0.4, 0.5) is 0 Å². The molecule has 1 aliphatic heterocycles. The van der Waals surface area contributed by atoms with Gasteiger partial charge in [0.05, 0.1) is 36.0 Å². The predicted octanol–water partition coefficient (Wildman–Crippen LogP) is 1.57. The highest BCUT2D eigenvalue weighted by atomic mass is 16.5. The molecule has 2 heterocycles. The number of hydrogen-bond donors (Lipinski definition) is 0. The van der Waals surface area contributed by atoms with Crippen LogP contribution in [0.3, 0.4) is 0 Å². The summed E-state index contributed by atoms with van der Waals surface area (Å²) in [6.07, 6.45) is 0.382. The maximum atomic E-state index is 12.8. The number of benzene rings is 1. The molecule has 0 bridgehead atoms. The monoisotopic (exact) mass is 356 g/mol. The lowest BCUT2D eigenvalue weighted by atomic mass is 10.1. The van der Waals surface area contributed by atoms with Crippen LogP contribution in [0.5, 0.6) is 0 Å². The van der Waals surface area contributed by atoms with E-state index in [0.29, 0.717) is 31.6 Å². The number of aromatic nitrogens is 2. The molecule has 1 amide bonds. The molecule has 0 atom stereocenters. The van der Waals surface area contributed by atoms with Gasteiger partial charge in [0.2, 0.25) is 0 Å². The molecule has 26 heavy (non-hydrogen) atoms. The summed E-state index contributed by atoms with van der Waals surface area (Å²) >= 11 is 0. The average Bonchev–Trinajstić information content (AvgIpc) is 2.66. The minimum absolute atomic E-state index is 0.0135. The molecule has 0 N–H and O–H groups in total. The van der Waals surface area contributed by atoms with Crippen molar-refractivity contribution in [3.8, 4) is 0 Å². The van der Waals surface area contributed by atoms with Crippen LogP contribution in [0, 0.1) is 13.8 Å². The van der Waals surface area contributed by atoms with Crippen LogP contribution in [-0.4, -0.2) is 71.5 Å². The number of fused-ring (bicyclic) bond motifs is 1. The third-order valence-electron chi connectivity index (χ3n) is 4.84. The molecule has 1 aromatic heterocycles. The molecule has 2 aromatic rings. The van der Waals surface area contributed by atoms with Crippen LogP contribution >= 0.6 is 0 Å². The normalized spacial score (nSPS) is 15.3. The molecule has 7 heteroatoms. The topological polar surface area (TPSA) is 75.6 Å². The Morgan fingerprint density at radius 3 is 2.35 bits per heavy atom. The first-order chi connectivity index (χ1) is 12.5. The molecule has 1 saturated heterocycles. The first-order valence-electron chi connectivity index (χ1n) is 8.81. The Balaban J connectivity index is 1.64. The number of carbonyl (C=O) groups excluding carboxylic acids is 2. The van der Waals surface area contributed by atoms with Gasteiger partial charge in [0, 0.05) is 38.3 Å². The summed E-state index contributed by atoms with van der Waals surface area (Å²) in [5.74, 6) is -0.189. The van der Waals surface area contributed by atoms with E-state index < -0.39 is 0 Å². The van der Waals surface area contributed by atoms with Gasteiger partial charge in [0.15, 0.2) is 0 Å². The molecule has 0 aliphatic carbocycles. The van der Waals surface area contributed by atoms with Gasteiger partial charge in [-0.2, -0.15) is 0 Å². The van der Waals surface area contributed by atoms with E-state index in [2.05, 4.69) is 19.6 Å². The van der Waals surface area contributed by atoms with Crippen LogP contribution in [0.1, 0.15) is 28.2 Å². The van der Waals surface area contributed by atoms with Gasteiger partial charge in [-0.25, -0.2) is 9.97 Å². The highest BCUT2D eigenvalue weighted by molar-refractivity contribution is 5.97. The summed E-state index contributed by atoms with van der Waals surface area (Å²) in [5.41, 5.74) is 3.96. The second-order valence-corrected chi connectivity index (χ2v) is 6.56. The second kappa shape index (κ2) is 7.78. The SMILES string of the molecule is COC(=O)CCN1CCN(C(=O)c2ccc3nc(C)c(C)nc3c2)CC1. The third-order valence-corrected chi connectivity index (χ3v) is 4.84. The maximum absolute atomic E-state index is 12.8. The summed E-state index contributed by atoms with van der Waals surface area (Å²) in [6, 6.07) is 5.49. The summed E-state index contributed by atoms with van der Waals surface area (Å²) in [7, 11) is 1.40. The van der Waals surface area contributed by atoms with Crippen molar-refractivity contribution in [2.75, 3.05) is 39.8 Å². The summed E-state index contributed by atoms with van der Waals surface area (Å²) in [4.78, 5) is 37.1. The lowest BCUT2D eigenvalue weighted by Crippen LogP contribution is -2.49. The van der Waals surface area contributed by atoms with Crippen LogP contribution in [0.2, 0.25) is 0 Å². The van der Waals surface area contributed by atoms with Crippen molar-refractivity contribution in [1.82, 2.24) is 19.8 Å². The Morgan fingerprint density at radius 1 is 1.04 bits per heavy atom. The Labute approximate surface area is 153 Å². The molecule has 3 rings (SSSR count).